The average Bonchev–Trinajstić information content (AvgIpc) is 1.84. The third kappa shape index (κ3) is 2.39. The highest BCUT2D eigenvalue weighted by Gasteiger charge is 2.62. The van der Waals surface area contributed by atoms with Gasteiger partial charge in [0.05, 0.1) is 6.07 Å². The molecule has 0 saturated heterocycles. The first-order chi connectivity index (χ1) is 5.56. The van der Waals surface area contributed by atoms with Gasteiger partial charge in [0.15, 0.2) is 0 Å². The second-order valence-electron chi connectivity index (χ2n) is 1.93. The molecule has 9 heteroatoms. The number of sulfone groups is 1. The Morgan fingerprint density at radius 2 is 1.69 bits per heavy atom. The third-order valence-corrected chi connectivity index (χ3v) is 3.93. The monoisotopic (exact) mass is 255 g/mol. The Labute approximate surface area is 82.0 Å². The molecule has 0 rings (SSSR count). The summed E-state index contributed by atoms with van der Waals surface area (Å²) >= 11 is 8.51. The highest BCUT2D eigenvalue weighted by atomic mass is 35.5. The third-order valence-electron chi connectivity index (χ3n) is 0.975. The summed E-state index contributed by atoms with van der Waals surface area (Å²) in [6, 6.07) is 0.982. The SMILES string of the molecule is N#CCS(=O)(=O)C(F)(Cl)C(F)(F)Cl. The minimum Gasteiger partial charge on any atom is -0.223 e. The van der Waals surface area contributed by atoms with Gasteiger partial charge in [0.25, 0.3) is 0 Å². The molecule has 0 aliphatic rings. The van der Waals surface area contributed by atoms with E-state index in [-0.39, 0.29) is 0 Å². The maximum absolute atomic E-state index is 12.7. The van der Waals surface area contributed by atoms with Gasteiger partial charge in [-0.1, -0.05) is 11.6 Å². The van der Waals surface area contributed by atoms with Crippen LogP contribution in [-0.2, 0) is 9.84 Å². The number of hydrogen-bond acceptors (Lipinski definition) is 3. The molecule has 0 bridgehead atoms. The summed E-state index contributed by atoms with van der Waals surface area (Å²) in [6.45, 7) is 0. The first kappa shape index (κ1) is 12.8. The van der Waals surface area contributed by atoms with Crippen molar-refractivity contribution in [3.63, 3.8) is 0 Å². The summed E-state index contributed by atoms with van der Waals surface area (Å²) in [5.41, 5.74) is 0. The highest BCUT2D eigenvalue weighted by Crippen LogP contribution is 2.43. The first-order valence-corrected chi connectivity index (χ1v) is 5.01. The van der Waals surface area contributed by atoms with E-state index in [0.29, 0.717) is 0 Å². The molecule has 0 fully saturated rings. The summed E-state index contributed by atoms with van der Waals surface area (Å²) in [5.74, 6) is -1.48. The molecule has 0 aromatic carbocycles. The fourth-order valence-corrected chi connectivity index (χ4v) is 1.57. The van der Waals surface area contributed by atoms with Gasteiger partial charge in [-0.2, -0.15) is 18.4 Å². The minimum absolute atomic E-state index is 0.982. The Kier molecular flexibility index (Phi) is 3.47. The van der Waals surface area contributed by atoms with Gasteiger partial charge >= 0.3 is 9.84 Å². The molecule has 3 nitrogen and oxygen atoms in total. The van der Waals surface area contributed by atoms with Gasteiger partial charge in [0.1, 0.15) is 5.75 Å². The van der Waals surface area contributed by atoms with Gasteiger partial charge < -0.3 is 0 Å². The number of alkyl halides is 5. The van der Waals surface area contributed by atoms with Crippen LogP contribution in [0.25, 0.3) is 0 Å². The van der Waals surface area contributed by atoms with Crippen LogP contribution in [0.1, 0.15) is 0 Å². The van der Waals surface area contributed by atoms with Crippen LogP contribution >= 0.6 is 23.2 Å². The van der Waals surface area contributed by atoms with Crippen molar-refractivity contribution < 1.29 is 21.6 Å². The molecule has 76 valence electrons. The van der Waals surface area contributed by atoms with E-state index in [1.807, 2.05) is 0 Å². The van der Waals surface area contributed by atoms with Crippen LogP contribution in [0.2, 0.25) is 0 Å². The summed E-state index contributed by atoms with van der Waals surface area (Å²) in [7, 11) is -5.11. The molecule has 0 radical (unpaired) electrons. The number of nitrogens with zero attached hydrogens (tertiary/aromatic N) is 1. The molecule has 0 N–H and O–H groups in total. The summed E-state index contributed by atoms with van der Waals surface area (Å²) in [5, 5.41) is 3.10. The Morgan fingerprint density at radius 3 is 1.92 bits per heavy atom. The summed E-state index contributed by atoms with van der Waals surface area (Å²) in [4.78, 5) is 0. The fourth-order valence-electron chi connectivity index (χ4n) is 0.352. The zero-order valence-electron chi connectivity index (χ0n) is 5.77. The number of rotatable bonds is 3. The molecule has 0 aromatic rings. The molecule has 1 unspecified atom stereocenters. The van der Waals surface area contributed by atoms with Crippen LogP contribution in [0.3, 0.4) is 0 Å². The molecule has 0 saturated carbocycles. The van der Waals surface area contributed by atoms with E-state index in [9.17, 15) is 21.6 Å². The van der Waals surface area contributed by atoms with Crippen LogP contribution in [0, 0.1) is 11.3 Å². The molecule has 0 spiro atoms. The summed E-state index contributed by atoms with van der Waals surface area (Å²) in [6.07, 6.45) is 0. The molecule has 13 heavy (non-hydrogen) atoms. The normalized spacial score (nSPS) is 17.5. The molecule has 0 amide bonds. The van der Waals surface area contributed by atoms with Crippen LogP contribution in [-0.4, -0.2) is 24.0 Å². The number of hydrogen-bond donors (Lipinski definition) is 0. The van der Waals surface area contributed by atoms with Crippen LogP contribution in [0.5, 0.6) is 0 Å². The largest absolute Gasteiger partial charge is 0.383 e. The first-order valence-electron chi connectivity index (χ1n) is 2.60. The lowest BCUT2D eigenvalue weighted by Gasteiger charge is -2.20. The fraction of sp³-hybridized carbons (Fsp3) is 0.750. The van der Waals surface area contributed by atoms with Gasteiger partial charge in [-0.05, 0) is 11.6 Å². The second kappa shape index (κ2) is 3.52. The van der Waals surface area contributed by atoms with Crippen LogP contribution < -0.4 is 0 Å². The zero-order chi connectivity index (χ0) is 10.9. The molecular weight excluding hydrogens is 254 g/mol. The Balaban J connectivity index is 5.21. The predicted octanol–water partition coefficient (Wildman–Crippen LogP) is 1.62. The van der Waals surface area contributed by atoms with Crippen molar-refractivity contribution in [3.05, 3.63) is 0 Å². The zero-order valence-corrected chi connectivity index (χ0v) is 8.10. The smallest absolute Gasteiger partial charge is 0.223 e. The van der Waals surface area contributed by atoms with Crippen molar-refractivity contribution in [2.24, 2.45) is 0 Å². The maximum atomic E-state index is 12.7. The maximum Gasteiger partial charge on any atom is 0.383 e. The van der Waals surface area contributed by atoms with E-state index >= 15 is 0 Å². The molecule has 0 heterocycles. The predicted molar refractivity (Wildman–Crippen MR) is 39.9 cm³/mol. The molecule has 0 aliphatic carbocycles. The van der Waals surface area contributed by atoms with Gasteiger partial charge in [0, 0.05) is 0 Å². The lowest BCUT2D eigenvalue weighted by molar-refractivity contribution is 0.0233. The van der Waals surface area contributed by atoms with Crippen molar-refractivity contribution in [3.8, 4) is 6.07 Å². The molecule has 0 aliphatic heterocycles. The van der Waals surface area contributed by atoms with Gasteiger partial charge in [0.2, 0.25) is 9.84 Å². The van der Waals surface area contributed by atoms with Gasteiger partial charge in [-0.25, -0.2) is 8.42 Å². The standard InChI is InChI=1S/C4H2Cl2F3NO2S/c5-3(7,8)4(6,9)13(11,12)2-1-10/h2H2. The van der Waals surface area contributed by atoms with E-state index < -0.39 is 25.4 Å². The van der Waals surface area contributed by atoms with Crippen molar-refractivity contribution in [1.82, 2.24) is 0 Å². The Bertz CT molecular complexity index is 328. The van der Waals surface area contributed by atoms with Crippen molar-refractivity contribution in [2.75, 3.05) is 5.75 Å². The lowest BCUT2D eigenvalue weighted by atomic mass is 10.8. The lowest BCUT2D eigenvalue weighted by Crippen LogP contribution is -2.43. The average molecular weight is 256 g/mol. The quantitative estimate of drug-likeness (QED) is 0.721. The van der Waals surface area contributed by atoms with E-state index in [1.165, 1.54) is 0 Å². The van der Waals surface area contributed by atoms with E-state index in [1.54, 1.807) is 0 Å². The molecule has 1 atom stereocenters. The van der Waals surface area contributed by atoms with E-state index in [0.717, 1.165) is 6.07 Å². The molecular formula is C4H2Cl2F3NO2S. The minimum atomic E-state index is -5.11. The second-order valence-corrected chi connectivity index (χ2v) is 5.23. The Hall–Kier alpha value is -0.190. The Morgan fingerprint density at radius 1 is 1.31 bits per heavy atom. The van der Waals surface area contributed by atoms with Crippen LogP contribution in [0.4, 0.5) is 13.2 Å². The topological polar surface area (TPSA) is 57.9 Å². The highest BCUT2D eigenvalue weighted by molar-refractivity contribution is 7.94. The van der Waals surface area contributed by atoms with Crippen molar-refractivity contribution in [1.29, 1.82) is 5.26 Å². The van der Waals surface area contributed by atoms with Crippen LogP contribution in [0.15, 0.2) is 0 Å². The van der Waals surface area contributed by atoms with Gasteiger partial charge in [-0.3, -0.25) is 0 Å². The number of halogens is 5. The summed E-state index contributed by atoms with van der Waals surface area (Å²) < 4.78 is 53.6. The van der Waals surface area contributed by atoms with E-state index in [4.69, 9.17) is 5.26 Å². The van der Waals surface area contributed by atoms with Crippen molar-refractivity contribution in [2.45, 2.75) is 9.84 Å². The molecule has 0 aromatic heterocycles. The van der Waals surface area contributed by atoms with Crippen molar-refractivity contribution >= 4 is 33.0 Å². The van der Waals surface area contributed by atoms with Gasteiger partial charge in [-0.15, -0.1) is 0 Å². The number of nitriles is 1. The van der Waals surface area contributed by atoms with E-state index in [2.05, 4.69) is 23.2 Å².